The van der Waals surface area contributed by atoms with E-state index in [0.29, 0.717) is 36.7 Å². The highest BCUT2D eigenvalue weighted by Gasteiger charge is 2.41. The van der Waals surface area contributed by atoms with Crippen LogP contribution in [0.4, 0.5) is 0 Å². The summed E-state index contributed by atoms with van der Waals surface area (Å²) < 4.78 is 38.5. The Balaban J connectivity index is 1.58. The van der Waals surface area contributed by atoms with E-state index in [0.717, 1.165) is 12.8 Å². The van der Waals surface area contributed by atoms with E-state index in [1.165, 1.54) is 22.7 Å². The van der Waals surface area contributed by atoms with Crippen LogP contribution in [0.3, 0.4) is 0 Å². The summed E-state index contributed by atoms with van der Waals surface area (Å²) in [4.78, 5) is 14.9. The first kappa shape index (κ1) is 17.6. The number of nitrogens with zero attached hydrogens (tertiary/aromatic N) is 3. The molecule has 26 heavy (non-hydrogen) atoms. The van der Waals surface area contributed by atoms with E-state index >= 15 is 0 Å². The van der Waals surface area contributed by atoms with E-state index in [9.17, 15) is 13.2 Å². The molecule has 0 saturated carbocycles. The van der Waals surface area contributed by atoms with Gasteiger partial charge in [0.1, 0.15) is 0 Å². The molecule has 5 rings (SSSR count). The quantitative estimate of drug-likeness (QED) is 0.772. The van der Waals surface area contributed by atoms with Crippen molar-refractivity contribution in [1.29, 1.82) is 0 Å². The van der Waals surface area contributed by atoms with Crippen molar-refractivity contribution in [2.75, 3.05) is 40.5 Å². The van der Waals surface area contributed by atoms with Gasteiger partial charge >= 0.3 is 0 Å². The van der Waals surface area contributed by atoms with Crippen LogP contribution in [0.15, 0.2) is 18.2 Å². The molecule has 1 aromatic rings. The number of hydrogen-bond acceptors (Lipinski definition) is 5. The predicted molar refractivity (Wildman–Crippen MR) is 94.3 cm³/mol. The Hall–Kier alpha value is -1.84. The second kappa shape index (κ2) is 6.40. The summed E-state index contributed by atoms with van der Waals surface area (Å²) in [6.07, 6.45) is 1.76. The molecule has 0 radical (unpaired) electrons. The highest BCUT2D eigenvalue weighted by atomic mass is 32.2. The Kier molecular flexibility index (Phi) is 4.32. The maximum atomic E-state index is 13.1. The smallest absolute Gasteiger partial charge is 0.281 e. The molecule has 0 aliphatic carbocycles. The van der Waals surface area contributed by atoms with Gasteiger partial charge in [0.2, 0.25) is 6.79 Å². The zero-order valence-electron chi connectivity index (χ0n) is 14.9. The van der Waals surface area contributed by atoms with E-state index in [-0.39, 0.29) is 24.7 Å². The summed E-state index contributed by atoms with van der Waals surface area (Å²) >= 11 is 0. The van der Waals surface area contributed by atoms with E-state index < -0.39 is 10.2 Å². The summed E-state index contributed by atoms with van der Waals surface area (Å²) in [6.45, 7) is 1.55. The molecule has 0 N–H and O–H groups in total. The van der Waals surface area contributed by atoms with Crippen LogP contribution in [0, 0.1) is 5.92 Å². The minimum absolute atomic E-state index is 0.0814. The van der Waals surface area contributed by atoms with E-state index in [2.05, 4.69) is 0 Å². The minimum Gasteiger partial charge on any atom is -0.454 e. The number of benzene rings is 1. The SMILES string of the molecule is CN(C)S(=O)(=O)N1C[C@@H]2CC[C@H](C1)N(C(=O)c1ccc3c(c1)OCO3)C2. The van der Waals surface area contributed by atoms with Crippen molar-refractivity contribution in [2.45, 2.75) is 18.9 Å². The average Bonchev–Trinajstić information content (AvgIpc) is 2.88. The molecule has 3 fully saturated rings. The van der Waals surface area contributed by atoms with Gasteiger partial charge in [-0.2, -0.15) is 17.0 Å². The number of ether oxygens (including phenoxy) is 2. The molecule has 8 nitrogen and oxygen atoms in total. The largest absolute Gasteiger partial charge is 0.454 e. The molecule has 0 unspecified atom stereocenters. The fourth-order valence-electron chi connectivity index (χ4n) is 3.90. The van der Waals surface area contributed by atoms with Crippen molar-refractivity contribution >= 4 is 16.1 Å². The fraction of sp³-hybridized carbons (Fsp3) is 0.588. The summed E-state index contributed by atoms with van der Waals surface area (Å²) in [5, 5.41) is 0. The molecule has 9 heteroatoms. The number of carbonyl (C=O) groups is 1. The van der Waals surface area contributed by atoms with Crippen LogP contribution in [-0.2, 0) is 10.2 Å². The van der Waals surface area contributed by atoms with Crippen LogP contribution in [-0.4, -0.2) is 74.4 Å². The number of piperidine rings is 1. The van der Waals surface area contributed by atoms with Crippen LogP contribution in [0.1, 0.15) is 23.2 Å². The third-order valence-electron chi connectivity index (χ3n) is 5.35. The van der Waals surface area contributed by atoms with Crippen LogP contribution >= 0.6 is 0 Å². The van der Waals surface area contributed by atoms with E-state index in [1.807, 2.05) is 4.90 Å². The first-order valence-corrected chi connectivity index (χ1v) is 10.1. The monoisotopic (exact) mass is 381 g/mol. The Bertz CT molecular complexity index is 826. The maximum absolute atomic E-state index is 13.1. The third-order valence-corrected chi connectivity index (χ3v) is 7.22. The Morgan fingerprint density at radius 3 is 2.65 bits per heavy atom. The van der Waals surface area contributed by atoms with Crippen LogP contribution < -0.4 is 9.47 Å². The molecule has 2 bridgehead atoms. The van der Waals surface area contributed by atoms with Crippen molar-refractivity contribution in [1.82, 2.24) is 13.5 Å². The van der Waals surface area contributed by atoms with Gasteiger partial charge < -0.3 is 14.4 Å². The van der Waals surface area contributed by atoms with Gasteiger partial charge in [0, 0.05) is 45.3 Å². The van der Waals surface area contributed by atoms with Gasteiger partial charge in [-0.25, -0.2) is 0 Å². The minimum atomic E-state index is -3.48. The third kappa shape index (κ3) is 2.93. The van der Waals surface area contributed by atoms with Crippen molar-refractivity contribution in [2.24, 2.45) is 5.92 Å². The number of fused-ring (bicyclic) bond motifs is 5. The molecule has 4 heterocycles. The highest BCUT2D eigenvalue weighted by molar-refractivity contribution is 7.86. The molecule has 4 aliphatic heterocycles. The first-order chi connectivity index (χ1) is 12.4. The summed E-state index contributed by atoms with van der Waals surface area (Å²) in [5.74, 6) is 1.29. The lowest BCUT2D eigenvalue weighted by atomic mass is 9.94. The van der Waals surface area contributed by atoms with Crippen LogP contribution in [0.25, 0.3) is 0 Å². The molecule has 142 valence electrons. The second-order valence-electron chi connectivity index (χ2n) is 7.23. The molecule has 3 saturated heterocycles. The lowest BCUT2D eigenvalue weighted by Gasteiger charge is -2.36. The number of amides is 1. The van der Waals surface area contributed by atoms with Crippen molar-refractivity contribution < 1.29 is 22.7 Å². The molecule has 0 aromatic heterocycles. The average molecular weight is 381 g/mol. The van der Waals surface area contributed by atoms with Gasteiger partial charge in [0.15, 0.2) is 11.5 Å². The summed E-state index contributed by atoms with van der Waals surface area (Å²) in [6, 6.07) is 5.08. The number of rotatable bonds is 3. The molecular weight excluding hydrogens is 358 g/mol. The van der Waals surface area contributed by atoms with Gasteiger partial charge in [-0.15, -0.1) is 0 Å². The molecule has 0 spiro atoms. The van der Waals surface area contributed by atoms with Crippen molar-refractivity contribution in [3.8, 4) is 11.5 Å². The summed E-state index contributed by atoms with van der Waals surface area (Å²) in [5.41, 5.74) is 0.545. The van der Waals surface area contributed by atoms with Gasteiger partial charge in [0.05, 0.1) is 0 Å². The van der Waals surface area contributed by atoms with Crippen molar-refractivity contribution in [3.63, 3.8) is 0 Å². The molecular formula is C17H23N3O5S. The zero-order chi connectivity index (χ0) is 18.5. The van der Waals surface area contributed by atoms with E-state index in [1.54, 1.807) is 18.2 Å². The zero-order valence-corrected chi connectivity index (χ0v) is 15.7. The van der Waals surface area contributed by atoms with Gasteiger partial charge in [-0.05, 0) is 37.0 Å². The lowest BCUT2D eigenvalue weighted by Crippen LogP contribution is -2.48. The van der Waals surface area contributed by atoms with Crippen LogP contribution in [0.2, 0.25) is 0 Å². The Morgan fingerprint density at radius 2 is 1.88 bits per heavy atom. The maximum Gasteiger partial charge on any atom is 0.281 e. The normalized spacial score (nSPS) is 25.6. The Labute approximate surface area is 153 Å². The lowest BCUT2D eigenvalue weighted by molar-refractivity contribution is 0.0588. The predicted octanol–water partition coefficient (Wildman–Crippen LogP) is 0.758. The first-order valence-electron chi connectivity index (χ1n) is 8.74. The van der Waals surface area contributed by atoms with Gasteiger partial charge in [-0.3, -0.25) is 4.79 Å². The van der Waals surface area contributed by atoms with Crippen LogP contribution in [0.5, 0.6) is 11.5 Å². The number of hydrogen-bond donors (Lipinski definition) is 0. The molecule has 1 aromatic carbocycles. The number of carbonyl (C=O) groups excluding carboxylic acids is 1. The highest BCUT2D eigenvalue weighted by Crippen LogP contribution is 2.35. The standard InChI is InChI=1S/C17H23N3O5S/c1-18(2)26(22,23)19-8-12-3-5-14(10-19)20(9-12)17(21)13-4-6-15-16(7-13)25-11-24-15/h4,6-7,12,14H,3,5,8-11H2,1-2H3/t12-,14+/m0/s1. The topological polar surface area (TPSA) is 79.4 Å². The van der Waals surface area contributed by atoms with Gasteiger partial charge in [0.25, 0.3) is 16.1 Å². The molecule has 1 amide bonds. The van der Waals surface area contributed by atoms with Gasteiger partial charge in [-0.1, -0.05) is 0 Å². The van der Waals surface area contributed by atoms with E-state index in [4.69, 9.17) is 9.47 Å². The van der Waals surface area contributed by atoms with Crippen molar-refractivity contribution in [3.05, 3.63) is 23.8 Å². The molecule has 4 aliphatic rings. The second-order valence-corrected chi connectivity index (χ2v) is 9.37. The fourth-order valence-corrected chi connectivity index (χ4v) is 5.12. The summed E-state index contributed by atoms with van der Waals surface area (Å²) in [7, 11) is -0.400. The molecule has 2 atom stereocenters. The Morgan fingerprint density at radius 1 is 1.12 bits per heavy atom.